The smallest absolute Gasteiger partial charge is 0.127 e. The molecule has 0 amide bonds. The molecule has 2 atom stereocenters. The third-order valence-electron chi connectivity index (χ3n) is 3.29. The number of aliphatic hydroxyl groups is 1. The molecule has 82 valence electrons. The fraction of sp³-hybridized carbons (Fsp3) is 0.583. The normalized spacial score (nSPS) is 26.5. The molecule has 1 aromatic heterocycles. The fourth-order valence-corrected chi connectivity index (χ4v) is 2.55. The van der Waals surface area contributed by atoms with Crippen LogP contribution in [0.15, 0.2) is 12.3 Å². The van der Waals surface area contributed by atoms with E-state index in [9.17, 15) is 5.11 Å². The Morgan fingerprint density at radius 1 is 1.47 bits per heavy atom. The highest BCUT2D eigenvalue weighted by molar-refractivity contribution is 5.46. The molecule has 3 nitrogen and oxygen atoms in total. The summed E-state index contributed by atoms with van der Waals surface area (Å²) in [4.78, 5) is 4.14. The quantitative estimate of drug-likeness (QED) is 0.738. The lowest BCUT2D eigenvalue weighted by Crippen LogP contribution is -2.20. The molecule has 0 aliphatic heterocycles. The molecular formula is C12H18N2O. The van der Waals surface area contributed by atoms with Crippen molar-refractivity contribution >= 4 is 5.82 Å². The van der Waals surface area contributed by atoms with Gasteiger partial charge in [0.05, 0.1) is 6.10 Å². The van der Waals surface area contributed by atoms with E-state index in [1.54, 1.807) is 6.20 Å². The van der Waals surface area contributed by atoms with Crippen molar-refractivity contribution in [3.8, 4) is 0 Å². The summed E-state index contributed by atoms with van der Waals surface area (Å²) in [5.41, 5.74) is 8.25. The highest BCUT2D eigenvalue weighted by atomic mass is 16.3. The van der Waals surface area contributed by atoms with Gasteiger partial charge in [-0.15, -0.1) is 0 Å². The molecule has 1 aromatic rings. The number of nitrogen functional groups attached to an aromatic ring is 1. The predicted octanol–water partition coefficient (Wildman–Crippen LogP) is 1.99. The Balaban J connectivity index is 2.28. The number of nitrogens with zero attached hydrogens (tertiary/aromatic N) is 1. The van der Waals surface area contributed by atoms with Crippen LogP contribution in [0.4, 0.5) is 5.82 Å². The van der Waals surface area contributed by atoms with E-state index in [1.807, 2.05) is 6.07 Å². The summed E-state index contributed by atoms with van der Waals surface area (Å²) >= 11 is 0. The predicted molar refractivity (Wildman–Crippen MR) is 60.6 cm³/mol. The molecule has 1 heterocycles. The minimum atomic E-state index is -0.164. The minimum absolute atomic E-state index is 0.164. The maximum atomic E-state index is 9.66. The molecule has 3 N–H and O–H groups in total. The Morgan fingerprint density at radius 2 is 2.27 bits per heavy atom. The molecule has 1 aliphatic carbocycles. The Bertz CT molecular complexity index is 331. The average molecular weight is 206 g/mol. The van der Waals surface area contributed by atoms with Crippen LogP contribution in [-0.2, 0) is 0 Å². The van der Waals surface area contributed by atoms with Crippen LogP contribution >= 0.6 is 0 Å². The molecule has 1 aliphatic rings. The first-order chi connectivity index (χ1) is 7.18. The molecule has 0 aromatic carbocycles. The van der Waals surface area contributed by atoms with Crippen molar-refractivity contribution < 1.29 is 5.11 Å². The number of hydrogen-bond donors (Lipinski definition) is 2. The molecule has 1 saturated carbocycles. The van der Waals surface area contributed by atoms with E-state index in [4.69, 9.17) is 5.73 Å². The van der Waals surface area contributed by atoms with Crippen LogP contribution in [0.1, 0.15) is 42.7 Å². The van der Waals surface area contributed by atoms with Gasteiger partial charge >= 0.3 is 0 Å². The molecule has 15 heavy (non-hydrogen) atoms. The van der Waals surface area contributed by atoms with Crippen LogP contribution in [-0.4, -0.2) is 16.2 Å². The monoisotopic (exact) mass is 206 g/mol. The van der Waals surface area contributed by atoms with Crippen molar-refractivity contribution in [1.82, 2.24) is 4.98 Å². The van der Waals surface area contributed by atoms with E-state index >= 15 is 0 Å². The lowest BCUT2D eigenvalue weighted by Gasteiger charge is -2.27. The molecular weight excluding hydrogens is 188 g/mol. The van der Waals surface area contributed by atoms with Gasteiger partial charge in [0.15, 0.2) is 0 Å². The van der Waals surface area contributed by atoms with E-state index in [0.717, 1.165) is 31.2 Å². The Hall–Kier alpha value is -1.09. The van der Waals surface area contributed by atoms with E-state index in [0.29, 0.717) is 11.7 Å². The van der Waals surface area contributed by atoms with Crippen LogP contribution in [0, 0.1) is 6.92 Å². The van der Waals surface area contributed by atoms with Crippen molar-refractivity contribution in [2.75, 3.05) is 5.73 Å². The van der Waals surface area contributed by atoms with Crippen LogP contribution in [0.2, 0.25) is 0 Å². The molecule has 3 heteroatoms. The number of rotatable bonds is 1. The van der Waals surface area contributed by atoms with Gasteiger partial charge in [0.25, 0.3) is 0 Å². The standard InChI is InChI=1S/C12H18N2O/c1-8-5-6-14-12(13)11(8)9-3-2-4-10(15)7-9/h5-6,9-10,15H,2-4,7H2,1H3,(H2,13,14). The number of aliphatic hydroxyl groups excluding tert-OH is 1. The molecule has 2 rings (SSSR count). The van der Waals surface area contributed by atoms with E-state index in [-0.39, 0.29) is 6.10 Å². The number of pyridine rings is 1. The summed E-state index contributed by atoms with van der Waals surface area (Å²) in [7, 11) is 0. The summed E-state index contributed by atoms with van der Waals surface area (Å²) in [6.45, 7) is 2.06. The zero-order valence-electron chi connectivity index (χ0n) is 9.11. The Labute approximate surface area is 90.3 Å². The SMILES string of the molecule is Cc1ccnc(N)c1C1CCCC(O)C1. The van der Waals surface area contributed by atoms with Gasteiger partial charge in [0, 0.05) is 11.8 Å². The van der Waals surface area contributed by atoms with Gasteiger partial charge < -0.3 is 10.8 Å². The van der Waals surface area contributed by atoms with Crippen molar-refractivity contribution in [2.45, 2.75) is 44.6 Å². The second-order valence-electron chi connectivity index (χ2n) is 4.44. The number of aryl methyl sites for hydroxylation is 1. The molecule has 2 unspecified atom stereocenters. The molecule has 0 bridgehead atoms. The van der Waals surface area contributed by atoms with E-state index < -0.39 is 0 Å². The van der Waals surface area contributed by atoms with Gasteiger partial charge in [-0.2, -0.15) is 0 Å². The lowest BCUT2D eigenvalue weighted by atomic mass is 9.81. The van der Waals surface area contributed by atoms with Crippen LogP contribution < -0.4 is 5.73 Å². The van der Waals surface area contributed by atoms with Crippen LogP contribution in [0.5, 0.6) is 0 Å². The second-order valence-corrected chi connectivity index (χ2v) is 4.44. The maximum absolute atomic E-state index is 9.66. The first-order valence-electron chi connectivity index (χ1n) is 5.57. The average Bonchev–Trinajstić information content (AvgIpc) is 2.17. The highest BCUT2D eigenvalue weighted by Gasteiger charge is 2.24. The molecule has 0 spiro atoms. The van der Waals surface area contributed by atoms with Crippen LogP contribution in [0.3, 0.4) is 0 Å². The number of nitrogens with two attached hydrogens (primary N) is 1. The Morgan fingerprint density at radius 3 is 2.93 bits per heavy atom. The van der Waals surface area contributed by atoms with Gasteiger partial charge in [-0.3, -0.25) is 0 Å². The second kappa shape index (κ2) is 4.19. The van der Waals surface area contributed by atoms with Crippen molar-refractivity contribution in [2.24, 2.45) is 0 Å². The molecule has 0 radical (unpaired) electrons. The fourth-order valence-electron chi connectivity index (χ4n) is 2.55. The van der Waals surface area contributed by atoms with Gasteiger partial charge in [0.1, 0.15) is 5.82 Å². The lowest BCUT2D eigenvalue weighted by molar-refractivity contribution is 0.119. The van der Waals surface area contributed by atoms with Gasteiger partial charge in [-0.25, -0.2) is 4.98 Å². The Kier molecular flexibility index (Phi) is 2.91. The maximum Gasteiger partial charge on any atom is 0.127 e. The largest absolute Gasteiger partial charge is 0.393 e. The summed E-state index contributed by atoms with van der Waals surface area (Å²) in [6.07, 6.45) is 5.54. The summed E-state index contributed by atoms with van der Waals surface area (Å²) in [5, 5.41) is 9.66. The van der Waals surface area contributed by atoms with Gasteiger partial charge in [0.2, 0.25) is 0 Å². The topological polar surface area (TPSA) is 59.1 Å². The minimum Gasteiger partial charge on any atom is -0.393 e. The first kappa shape index (κ1) is 10.4. The summed E-state index contributed by atoms with van der Waals surface area (Å²) in [6, 6.07) is 1.99. The number of hydrogen-bond acceptors (Lipinski definition) is 3. The van der Waals surface area contributed by atoms with Crippen molar-refractivity contribution in [3.63, 3.8) is 0 Å². The van der Waals surface area contributed by atoms with E-state index in [2.05, 4.69) is 11.9 Å². The number of aromatic nitrogens is 1. The van der Waals surface area contributed by atoms with E-state index in [1.165, 1.54) is 5.56 Å². The van der Waals surface area contributed by atoms with Gasteiger partial charge in [-0.05, 0) is 43.7 Å². The van der Waals surface area contributed by atoms with Crippen molar-refractivity contribution in [3.05, 3.63) is 23.4 Å². The highest BCUT2D eigenvalue weighted by Crippen LogP contribution is 2.36. The third kappa shape index (κ3) is 2.12. The zero-order chi connectivity index (χ0) is 10.8. The summed E-state index contributed by atoms with van der Waals surface area (Å²) < 4.78 is 0. The first-order valence-corrected chi connectivity index (χ1v) is 5.57. The molecule has 0 saturated heterocycles. The zero-order valence-corrected chi connectivity index (χ0v) is 9.11. The van der Waals surface area contributed by atoms with Gasteiger partial charge in [-0.1, -0.05) is 6.42 Å². The number of anilines is 1. The van der Waals surface area contributed by atoms with Crippen LogP contribution in [0.25, 0.3) is 0 Å². The summed E-state index contributed by atoms with van der Waals surface area (Å²) in [5.74, 6) is 1.02. The van der Waals surface area contributed by atoms with Crippen molar-refractivity contribution in [1.29, 1.82) is 0 Å². The molecule has 1 fully saturated rings. The third-order valence-corrected chi connectivity index (χ3v) is 3.29.